The van der Waals surface area contributed by atoms with E-state index in [-0.39, 0.29) is 0 Å². The minimum atomic E-state index is 0.307. The van der Waals surface area contributed by atoms with Crippen LogP contribution in [0.1, 0.15) is 54.6 Å². The van der Waals surface area contributed by atoms with E-state index in [1.54, 1.807) is 0 Å². The summed E-state index contributed by atoms with van der Waals surface area (Å²) in [7, 11) is 0. The van der Waals surface area contributed by atoms with Crippen LogP contribution in [0.4, 0.5) is 0 Å². The normalized spacial score (nSPS) is 13.9. The number of hydrogen-bond donors (Lipinski definition) is 1. The summed E-state index contributed by atoms with van der Waals surface area (Å²) < 4.78 is 0. The van der Waals surface area contributed by atoms with Crippen LogP contribution in [0.25, 0.3) is 0 Å². The van der Waals surface area contributed by atoms with Gasteiger partial charge >= 0.3 is 0 Å². The molecule has 1 aromatic heterocycles. The standard InChI is InChI=1S/C19H26N2/c1-5-12-21-19(16(4)17-11-6-7-13-20-17)18-14(2)9-8-10-15(18)3/h6-11,13,16,19,21H,5,12H2,1-4H3. The van der Waals surface area contributed by atoms with Crippen molar-refractivity contribution in [2.24, 2.45) is 0 Å². The molecular weight excluding hydrogens is 256 g/mol. The van der Waals surface area contributed by atoms with E-state index in [2.05, 4.69) is 68.3 Å². The molecule has 0 aliphatic rings. The quantitative estimate of drug-likeness (QED) is 0.841. The lowest BCUT2D eigenvalue weighted by Crippen LogP contribution is -2.28. The van der Waals surface area contributed by atoms with Crippen molar-refractivity contribution in [1.82, 2.24) is 10.3 Å². The van der Waals surface area contributed by atoms with Crippen LogP contribution in [-0.2, 0) is 0 Å². The van der Waals surface area contributed by atoms with Crippen LogP contribution in [0, 0.1) is 13.8 Å². The highest BCUT2D eigenvalue weighted by Crippen LogP contribution is 2.33. The second kappa shape index (κ2) is 7.37. The molecule has 0 fully saturated rings. The van der Waals surface area contributed by atoms with E-state index >= 15 is 0 Å². The van der Waals surface area contributed by atoms with Gasteiger partial charge in [0.25, 0.3) is 0 Å². The molecule has 112 valence electrons. The number of hydrogen-bond acceptors (Lipinski definition) is 2. The van der Waals surface area contributed by atoms with Crippen LogP contribution in [0.3, 0.4) is 0 Å². The maximum Gasteiger partial charge on any atom is 0.0450 e. The Kier molecular flexibility index (Phi) is 5.51. The molecule has 2 aromatic rings. The number of nitrogens with one attached hydrogen (secondary N) is 1. The highest BCUT2D eigenvalue weighted by molar-refractivity contribution is 5.38. The first-order valence-corrected chi connectivity index (χ1v) is 7.85. The monoisotopic (exact) mass is 282 g/mol. The van der Waals surface area contributed by atoms with Gasteiger partial charge in [-0.15, -0.1) is 0 Å². The Balaban J connectivity index is 2.39. The molecule has 1 aromatic carbocycles. The van der Waals surface area contributed by atoms with Gasteiger partial charge in [-0.1, -0.05) is 38.1 Å². The molecular formula is C19H26N2. The minimum Gasteiger partial charge on any atom is -0.309 e. The van der Waals surface area contributed by atoms with E-state index < -0.39 is 0 Å². The fourth-order valence-electron chi connectivity index (χ4n) is 2.96. The number of rotatable bonds is 6. The van der Waals surface area contributed by atoms with Gasteiger partial charge in [-0.05, 0) is 55.6 Å². The van der Waals surface area contributed by atoms with Crippen LogP contribution in [0.15, 0.2) is 42.6 Å². The molecule has 2 heteroatoms. The molecule has 0 saturated carbocycles. The molecule has 2 nitrogen and oxygen atoms in total. The van der Waals surface area contributed by atoms with Gasteiger partial charge in [-0.25, -0.2) is 0 Å². The molecule has 1 N–H and O–H groups in total. The number of benzene rings is 1. The van der Waals surface area contributed by atoms with Gasteiger partial charge < -0.3 is 5.32 Å². The van der Waals surface area contributed by atoms with Gasteiger partial charge in [0, 0.05) is 23.9 Å². The Morgan fingerprint density at radius 3 is 2.33 bits per heavy atom. The zero-order valence-electron chi connectivity index (χ0n) is 13.6. The van der Waals surface area contributed by atoms with E-state index in [1.807, 2.05) is 12.3 Å². The number of nitrogens with zero attached hydrogens (tertiary/aromatic N) is 1. The molecule has 2 unspecified atom stereocenters. The molecule has 0 spiro atoms. The molecule has 1 heterocycles. The molecule has 0 aliphatic carbocycles. The average Bonchev–Trinajstić information content (AvgIpc) is 2.50. The maximum atomic E-state index is 4.55. The lowest BCUT2D eigenvalue weighted by molar-refractivity contribution is 0.456. The average molecular weight is 282 g/mol. The zero-order valence-corrected chi connectivity index (χ0v) is 13.6. The van der Waals surface area contributed by atoms with Crippen molar-refractivity contribution in [1.29, 1.82) is 0 Å². The van der Waals surface area contributed by atoms with Crippen molar-refractivity contribution < 1.29 is 0 Å². The zero-order chi connectivity index (χ0) is 15.2. The highest BCUT2D eigenvalue weighted by Gasteiger charge is 2.23. The van der Waals surface area contributed by atoms with Crippen molar-refractivity contribution in [3.05, 3.63) is 65.0 Å². The van der Waals surface area contributed by atoms with Gasteiger partial charge in [0.05, 0.1) is 0 Å². The predicted molar refractivity (Wildman–Crippen MR) is 89.6 cm³/mol. The van der Waals surface area contributed by atoms with Crippen molar-refractivity contribution in [3.8, 4) is 0 Å². The van der Waals surface area contributed by atoms with Crippen LogP contribution >= 0.6 is 0 Å². The van der Waals surface area contributed by atoms with Crippen molar-refractivity contribution >= 4 is 0 Å². The predicted octanol–water partition coefficient (Wildman–Crippen LogP) is 4.54. The number of pyridine rings is 1. The summed E-state index contributed by atoms with van der Waals surface area (Å²) in [5.74, 6) is 0.345. The Bertz CT molecular complexity index is 543. The van der Waals surface area contributed by atoms with Crippen LogP contribution in [0.2, 0.25) is 0 Å². The Morgan fingerprint density at radius 2 is 1.76 bits per heavy atom. The summed E-state index contributed by atoms with van der Waals surface area (Å²) >= 11 is 0. The van der Waals surface area contributed by atoms with Gasteiger partial charge in [0.2, 0.25) is 0 Å². The SMILES string of the molecule is CCCNC(c1c(C)cccc1C)C(C)c1ccccn1. The largest absolute Gasteiger partial charge is 0.309 e. The molecule has 0 saturated heterocycles. The van der Waals surface area contributed by atoms with Crippen LogP contribution in [0.5, 0.6) is 0 Å². The van der Waals surface area contributed by atoms with Crippen LogP contribution in [-0.4, -0.2) is 11.5 Å². The van der Waals surface area contributed by atoms with Gasteiger partial charge in [-0.2, -0.15) is 0 Å². The topological polar surface area (TPSA) is 24.9 Å². The molecule has 2 rings (SSSR count). The molecule has 0 aliphatic heterocycles. The summed E-state index contributed by atoms with van der Waals surface area (Å²) in [6.07, 6.45) is 3.02. The smallest absolute Gasteiger partial charge is 0.0450 e. The van der Waals surface area contributed by atoms with E-state index in [0.29, 0.717) is 12.0 Å². The summed E-state index contributed by atoms with van der Waals surface area (Å²) in [6, 6.07) is 13.0. The molecule has 0 bridgehead atoms. The summed E-state index contributed by atoms with van der Waals surface area (Å²) in [4.78, 5) is 4.55. The second-order valence-electron chi connectivity index (χ2n) is 5.78. The Hall–Kier alpha value is -1.67. The first-order chi connectivity index (χ1) is 10.1. The third-order valence-electron chi connectivity index (χ3n) is 4.12. The van der Waals surface area contributed by atoms with E-state index in [1.165, 1.54) is 16.7 Å². The highest BCUT2D eigenvalue weighted by atomic mass is 14.9. The lowest BCUT2D eigenvalue weighted by Gasteiger charge is -2.28. The van der Waals surface area contributed by atoms with E-state index in [0.717, 1.165) is 18.7 Å². The Labute approximate surface area is 128 Å². The van der Waals surface area contributed by atoms with Gasteiger partial charge in [0.1, 0.15) is 0 Å². The molecule has 2 atom stereocenters. The summed E-state index contributed by atoms with van der Waals surface area (Å²) in [6.45, 7) is 9.90. The minimum absolute atomic E-state index is 0.307. The third kappa shape index (κ3) is 3.70. The third-order valence-corrected chi connectivity index (χ3v) is 4.12. The molecule has 21 heavy (non-hydrogen) atoms. The lowest BCUT2D eigenvalue weighted by atomic mass is 9.86. The fraction of sp³-hybridized carbons (Fsp3) is 0.421. The van der Waals surface area contributed by atoms with Crippen molar-refractivity contribution in [3.63, 3.8) is 0 Å². The summed E-state index contributed by atoms with van der Waals surface area (Å²) in [5, 5.41) is 3.73. The van der Waals surface area contributed by atoms with Crippen molar-refractivity contribution in [2.75, 3.05) is 6.54 Å². The fourth-order valence-corrected chi connectivity index (χ4v) is 2.96. The first-order valence-electron chi connectivity index (χ1n) is 7.85. The maximum absolute atomic E-state index is 4.55. The van der Waals surface area contributed by atoms with Crippen molar-refractivity contribution in [2.45, 2.75) is 46.1 Å². The molecule has 0 radical (unpaired) electrons. The number of aromatic nitrogens is 1. The Morgan fingerprint density at radius 1 is 1.05 bits per heavy atom. The molecule has 0 amide bonds. The first kappa shape index (κ1) is 15.7. The van der Waals surface area contributed by atoms with Crippen LogP contribution < -0.4 is 5.32 Å². The van der Waals surface area contributed by atoms with Gasteiger partial charge in [-0.3, -0.25) is 4.98 Å². The summed E-state index contributed by atoms with van der Waals surface area (Å²) in [5.41, 5.74) is 5.27. The number of aryl methyl sites for hydroxylation is 2. The van der Waals surface area contributed by atoms with E-state index in [4.69, 9.17) is 0 Å². The van der Waals surface area contributed by atoms with E-state index in [9.17, 15) is 0 Å². The van der Waals surface area contributed by atoms with Gasteiger partial charge in [0.15, 0.2) is 0 Å². The second-order valence-corrected chi connectivity index (χ2v) is 5.78.